The standard InChI is InChI=1S/C30H44O8/c1-14(10-16(31)11-15(2)26(37)38)17-12-21(34)30(7)22-18(32)13-19-27(3,4)20(33)8-9-28(19,5)23(22)24(35)25(36)29(17,30)6/h14-15,17-20,25,32-33,36H,8-13H2,1-7H3,(H,37,38)/t14-,15?,17-,18+,19?,20+,25-,28+,29+,30+/m0/s1. The largest absolute Gasteiger partial charge is 0.481 e. The van der Waals surface area contributed by atoms with Crippen LogP contribution in [0.2, 0.25) is 0 Å². The van der Waals surface area contributed by atoms with Gasteiger partial charge in [0.1, 0.15) is 17.7 Å². The van der Waals surface area contributed by atoms with Gasteiger partial charge in [0.2, 0.25) is 0 Å². The van der Waals surface area contributed by atoms with Crippen LogP contribution in [-0.4, -0.2) is 62.1 Å². The molecule has 8 heteroatoms. The molecule has 0 spiro atoms. The minimum absolute atomic E-state index is 0.0441. The Balaban J connectivity index is 1.79. The number of aliphatic hydroxyl groups is 3. The van der Waals surface area contributed by atoms with Gasteiger partial charge in [0.15, 0.2) is 5.78 Å². The van der Waals surface area contributed by atoms with E-state index in [4.69, 9.17) is 0 Å². The number of fused-ring (bicyclic) bond motifs is 4. The number of carboxylic acids is 1. The first-order chi connectivity index (χ1) is 17.4. The summed E-state index contributed by atoms with van der Waals surface area (Å²) >= 11 is 0. The number of aliphatic hydroxyl groups excluding tert-OH is 3. The number of Topliss-reactive ketones (excluding diaryl/α,β-unsaturated/α-hetero) is 3. The van der Waals surface area contributed by atoms with Crippen molar-refractivity contribution in [2.75, 3.05) is 0 Å². The third kappa shape index (κ3) is 3.66. The molecule has 0 saturated heterocycles. The molecule has 2 unspecified atom stereocenters. The number of carbonyl (C=O) groups is 4. The van der Waals surface area contributed by atoms with Gasteiger partial charge in [0.05, 0.1) is 23.5 Å². The molecule has 0 aromatic heterocycles. The van der Waals surface area contributed by atoms with E-state index in [1.165, 1.54) is 6.92 Å². The molecule has 8 nitrogen and oxygen atoms in total. The van der Waals surface area contributed by atoms with E-state index in [1.54, 1.807) is 13.8 Å². The van der Waals surface area contributed by atoms with Crippen LogP contribution >= 0.6 is 0 Å². The van der Waals surface area contributed by atoms with Gasteiger partial charge in [-0.1, -0.05) is 41.5 Å². The molecule has 0 bridgehead atoms. The second kappa shape index (κ2) is 9.07. The second-order valence-electron chi connectivity index (χ2n) is 14.0. The van der Waals surface area contributed by atoms with Gasteiger partial charge in [-0.3, -0.25) is 19.2 Å². The molecule has 4 aliphatic carbocycles. The number of aliphatic carboxylic acids is 1. The monoisotopic (exact) mass is 532 g/mol. The van der Waals surface area contributed by atoms with Crippen molar-refractivity contribution in [2.24, 2.45) is 45.3 Å². The van der Waals surface area contributed by atoms with Gasteiger partial charge < -0.3 is 20.4 Å². The van der Waals surface area contributed by atoms with E-state index in [9.17, 15) is 39.6 Å². The third-order valence-electron chi connectivity index (χ3n) is 11.7. The average Bonchev–Trinajstić information content (AvgIpc) is 3.03. The smallest absolute Gasteiger partial charge is 0.306 e. The molecular weight excluding hydrogens is 488 g/mol. The van der Waals surface area contributed by atoms with Crippen LogP contribution in [0.3, 0.4) is 0 Å². The van der Waals surface area contributed by atoms with Gasteiger partial charge in [-0.15, -0.1) is 0 Å². The van der Waals surface area contributed by atoms with E-state index < -0.39 is 63.6 Å². The van der Waals surface area contributed by atoms with E-state index in [0.717, 1.165) is 0 Å². The van der Waals surface area contributed by atoms with Crippen LogP contribution in [0.4, 0.5) is 0 Å². The van der Waals surface area contributed by atoms with Crippen molar-refractivity contribution in [3.63, 3.8) is 0 Å². The molecule has 0 aromatic carbocycles. The molecule has 0 aliphatic heterocycles. The highest BCUT2D eigenvalue weighted by Crippen LogP contribution is 2.70. The Kier molecular flexibility index (Phi) is 6.94. The topological polar surface area (TPSA) is 149 Å². The molecule has 38 heavy (non-hydrogen) atoms. The lowest BCUT2D eigenvalue weighted by atomic mass is 9.42. The first-order valence-corrected chi connectivity index (χ1v) is 14.0. The summed E-state index contributed by atoms with van der Waals surface area (Å²) in [4.78, 5) is 52.0. The maximum absolute atomic E-state index is 14.1. The van der Waals surface area contributed by atoms with E-state index in [-0.39, 0.29) is 42.7 Å². The lowest BCUT2D eigenvalue weighted by molar-refractivity contribution is -0.159. The number of hydrogen-bond acceptors (Lipinski definition) is 7. The summed E-state index contributed by atoms with van der Waals surface area (Å²) in [5, 5.41) is 43.3. The van der Waals surface area contributed by atoms with E-state index in [2.05, 4.69) is 0 Å². The van der Waals surface area contributed by atoms with Crippen LogP contribution in [0.1, 0.15) is 87.0 Å². The molecule has 10 atom stereocenters. The van der Waals surface area contributed by atoms with Crippen molar-refractivity contribution in [1.29, 1.82) is 0 Å². The molecule has 4 aliphatic rings. The fourth-order valence-corrected chi connectivity index (χ4v) is 9.13. The predicted octanol–water partition coefficient (Wildman–Crippen LogP) is 3.10. The molecule has 4 rings (SSSR count). The van der Waals surface area contributed by atoms with Gasteiger partial charge in [0, 0.05) is 30.3 Å². The van der Waals surface area contributed by atoms with Crippen molar-refractivity contribution >= 4 is 23.3 Å². The van der Waals surface area contributed by atoms with Crippen LogP contribution in [0.15, 0.2) is 11.1 Å². The van der Waals surface area contributed by atoms with Crippen LogP contribution in [0.25, 0.3) is 0 Å². The average molecular weight is 533 g/mol. The van der Waals surface area contributed by atoms with E-state index in [1.807, 2.05) is 27.7 Å². The number of rotatable bonds is 6. The van der Waals surface area contributed by atoms with Crippen LogP contribution in [-0.2, 0) is 19.2 Å². The first-order valence-electron chi connectivity index (χ1n) is 14.0. The van der Waals surface area contributed by atoms with Crippen LogP contribution < -0.4 is 0 Å². The Bertz CT molecular complexity index is 1110. The molecule has 4 N–H and O–H groups in total. The highest BCUT2D eigenvalue weighted by molar-refractivity contribution is 6.07. The summed E-state index contributed by atoms with van der Waals surface area (Å²) in [6.07, 6.45) is -1.84. The van der Waals surface area contributed by atoms with E-state index in [0.29, 0.717) is 30.4 Å². The Hall–Kier alpha value is -1.90. The summed E-state index contributed by atoms with van der Waals surface area (Å²) < 4.78 is 0. The minimum atomic E-state index is -1.49. The third-order valence-corrected chi connectivity index (χ3v) is 11.7. The predicted molar refractivity (Wildman–Crippen MR) is 139 cm³/mol. The first kappa shape index (κ1) is 29.1. The molecular formula is C30H44O8. The minimum Gasteiger partial charge on any atom is -0.481 e. The van der Waals surface area contributed by atoms with E-state index >= 15 is 0 Å². The zero-order valence-electron chi connectivity index (χ0n) is 23.7. The summed E-state index contributed by atoms with van der Waals surface area (Å²) in [6, 6.07) is 0. The number of ketones is 3. The van der Waals surface area contributed by atoms with Gasteiger partial charge in [-0.25, -0.2) is 0 Å². The normalized spacial score (nSPS) is 43.7. The van der Waals surface area contributed by atoms with Crippen molar-refractivity contribution < 1.29 is 39.6 Å². The number of carbonyl (C=O) groups excluding carboxylic acids is 3. The molecule has 2 saturated carbocycles. The van der Waals surface area contributed by atoms with Crippen molar-refractivity contribution in [3.05, 3.63) is 11.1 Å². The van der Waals surface area contributed by atoms with Crippen molar-refractivity contribution in [2.45, 2.75) is 105 Å². The maximum atomic E-state index is 14.1. The van der Waals surface area contributed by atoms with Crippen molar-refractivity contribution in [3.8, 4) is 0 Å². The second-order valence-corrected chi connectivity index (χ2v) is 14.0. The molecule has 0 heterocycles. The maximum Gasteiger partial charge on any atom is 0.306 e. The Labute approximate surface area is 224 Å². The van der Waals surface area contributed by atoms with Gasteiger partial charge in [-0.2, -0.15) is 0 Å². The quantitative estimate of drug-likeness (QED) is 0.408. The highest BCUT2D eigenvalue weighted by atomic mass is 16.4. The lowest BCUT2D eigenvalue weighted by Crippen LogP contribution is -2.64. The molecule has 0 aromatic rings. The molecule has 2 fully saturated rings. The molecule has 212 valence electrons. The zero-order valence-corrected chi connectivity index (χ0v) is 23.7. The van der Waals surface area contributed by atoms with Gasteiger partial charge in [0.25, 0.3) is 0 Å². The van der Waals surface area contributed by atoms with Gasteiger partial charge >= 0.3 is 5.97 Å². The number of carboxylic acid groups (broad SMARTS) is 1. The fourth-order valence-electron chi connectivity index (χ4n) is 9.13. The summed E-state index contributed by atoms with van der Waals surface area (Å²) in [5.74, 6) is -3.81. The lowest BCUT2D eigenvalue weighted by Gasteiger charge is -2.62. The van der Waals surface area contributed by atoms with Gasteiger partial charge in [-0.05, 0) is 60.3 Å². The van der Waals surface area contributed by atoms with Crippen LogP contribution in [0.5, 0.6) is 0 Å². The number of hydrogen-bond donors (Lipinski definition) is 4. The van der Waals surface area contributed by atoms with Crippen LogP contribution in [0, 0.1) is 45.3 Å². The SMILES string of the molecule is CC(CC(=O)C[C@H](C)[C@@H]1CC(=O)[C@]2(C)C3=C(C(=O)[C@H](O)[C@@]12C)[C@]1(C)CC[C@@H](O)C(C)(C)C1C[C@H]3O)C(=O)O. The molecule has 0 amide bonds. The summed E-state index contributed by atoms with van der Waals surface area (Å²) in [5.41, 5.74) is -3.00. The Morgan fingerprint density at radius 3 is 2.18 bits per heavy atom. The zero-order chi connectivity index (χ0) is 28.7. The summed E-state index contributed by atoms with van der Waals surface area (Å²) in [6.45, 7) is 12.7. The fraction of sp³-hybridized carbons (Fsp3) is 0.800. The Morgan fingerprint density at radius 1 is 1.00 bits per heavy atom. The molecule has 0 radical (unpaired) electrons. The Morgan fingerprint density at radius 2 is 1.61 bits per heavy atom. The highest BCUT2D eigenvalue weighted by Gasteiger charge is 2.73. The summed E-state index contributed by atoms with van der Waals surface area (Å²) in [7, 11) is 0. The van der Waals surface area contributed by atoms with Crippen molar-refractivity contribution in [1.82, 2.24) is 0 Å².